The first kappa shape index (κ1) is 18.5. The highest BCUT2D eigenvalue weighted by atomic mass is 32.2. The van der Waals surface area contributed by atoms with E-state index in [-0.39, 0.29) is 18.0 Å². The summed E-state index contributed by atoms with van der Waals surface area (Å²) in [7, 11) is 0. The Morgan fingerprint density at radius 3 is 2.71 bits per heavy atom. The van der Waals surface area contributed by atoms with Crippen LogP contribution in [-0.2, 0) is 19.1 Å². The fourth-order valence-electron chi connectivity index (χ4n) is 3.38. The smallest absolute Gasteiger partial charge is 0.344 e. The quantitative estimate of drug-likeness (QED) is 0.797. The molecule has 2 aliphatic heterocycles. The Morgan fingerprint density at radius 2 is 1.93 bits per heavy atom. The largest absolute Gasteiger partial charge is 0.450 e. The molecule has 28 heavy (non-hydrogen) atoms. The second-order valence-electron chi connectivity index (χ2n) is 6.60. The van der Waals surface area contributed by atoms with Crippen LogP contribution in [0, 0.1) is 5.82 Å². The maximum atomic E-state index is 13.7. The molecule has 2 atom stereocenters. The third-order valence-corrected chi connectivity index (χ3v) is 6.23. The predicted molar refractivity (Wildman–Crippen MR) is 102 cm³/mol. The molecule has 0 aromatic heterocycles. The van der Waals surface area contributed by atoms with Gasteiger partial charge in [-0.3, -0.25) is 14.5 Å². The summed E-state index contributed by atoms with van der Waals surface area (Å²) in [4.78, 5) is 38.8. The maximum absolute atomic E-state index is 13.7. The zero-order chi connectivity index (χ0) is 19.9. The van der Waals surface area contributed by atoms with E-state index in [0.29, 0.717) is 12.1 Å². The van der Waals surface area contributed by atoms with Crippen molar-refractivity contribution in [2.24, 2.45) is 0 Å². The first-order valence-electron chi connectivity index (χ1n) is 8.80. The molecule has 1 fully saturated rings. The van der Waals surface area contributed by atoms with E-state index >= 15 is 0 Å². The van der Waals surface area contributed by atoms with Crippen molar-refractivity contribution in [1.82, 2.24) is 0 Å². The first-order valence-corrected chi connectivity index (χ1v) is 9.61. The fourth-order valence-corrected chi connectivity index (χ4v) is 4.78. The van der Waals surface area contributed by atoms with E-state index in [1.165, 1.54) is 41.8 Å². The second-order valence-corrected chi connectivity index (χ2v) is 7.92. The van der Waals surface area contributed by atoms with Crippen molar-refractivity contribution >= 4 is 40.9 Å². The molecule has 0 bridgehead atoms. The molecular weight excluding hydrogens is 383 g/mol. The Balaban J connectivity index is 1.51. The summed E-state index contributed by atoms with van der Waals surface area (Å²) in [6.07, 6.45) is -0.624. The highest BCUT2D eigenvalue weighted by molar-refractivity contribution is 8.02. The number of nitrogens with one attached hydrogen (secondary N) is 1. The summed E-state index contributed by atoms with van der Waals surface area (Å²) in [5.41, 5.74) is 0.685. The minimum atomic E-state index is -1.20. The van der Waals surface area contributed by atoms with Gasteiger partial charge in [-0.25, -0.2) is 9.18 Å². The van der Waals surface area contributed by atoms with E-state index < -0.39 is 28.7 Å². The number of hydrogen-bond donors (Lipinski definition) is 1. The summed E-state index contributed by atoms with van der Waals surface area (Å²) in [6, 6.07) is 13.0. The molecule has 0 radical (unpaired) electrons. The van der Waals surface area contributed by atoms with Crippen molar-refractivity contribution < 1.29 is 23.5 Å². The van der Waals surface area contributed by atoms with Gasteiger partial charge in [-0.1, -0.05) is 36.0 Å². The lowest BCUT2D eigenvalue weighted by Gasteiger charge is -2.29. The number of para-hydroxylation sites is 2. The number of fused-ring (bicyclic) bond motifs is 3. The van der Waals surface area contributed by atoms with E-state index in [1.54, 1.807) is 18.2 Å². The van der Waals surface area contributed by atoms with Crippen molar-refractivity contribution in [2.45, 2.75) is 35.6 Å². The van der Waals surface area contributed by atoms with Crippen LogP contribution in [0.15, 0.2) is 53.4 Å². The van der Waals surface area contributed by atoms with Crippen molar-refractivity contribution in [3.8, 4) is 0 Å². The van der Waals surface area contributed by atoms with Gasteiger partial charge in [0.1, 0.15) is 5.82 Å². The van der Waals surface area contributed by atoms with Crippen molar-refractivity contribution in [3.05, 3.63) is 54.3 Å². The number of ether oxygens (including phenoxy) is 1. The second kappa shape index (κ2) is 6.94. The zero-order valence-corrected chi connectivity index (χ0v) is 15.8. The molecule has 2 aromatic rings. The van der Waals surface area contributed by atoms with Crippen molar-refractivity contribution in [2.75, 3.05) is 10.2 Å². The predicted octanol–water partition coefficient (Wildman–Crippen LogP) is 3.32. The number of anilines is 2. The Labute approximate surface area is 165 Å². The Bertz CT molecular complexity index is 982. The van der Waals surface area contributed by atoms with Crippen LogP contribution in [0.1, 0.15) is 19.8 Å². The summed E-state index contributed by atoms with van der Waals surface area (Å²) in [5, 5.41) is 2.41. The van der Waals surface area contributed by atoms with E-state index in [1.807, 2.05) is 12.1 Å². The third-order valence-electron chi connectivity index (χ3n) is 4.78. The number of amides is 2. The van der Waals surface area contributed by atoms with E-state index in [0.717, 1.165) is 4.90 Å². The highest BCUT2D eigenvalue weighted by Gasteiger charge is 2.58. The molecule has 6 nitrogen and oxygen atoms in total. The van der Waals surface area contributed by atoms with Gasteiger partial charge >= 0.3 is 5.97 Å². The summed E-state index contributed by atoms with van der Waals surface area (Å²) >= 11 is 1.27. The minimum Gasteiger partial charge on any atom is -0.450 e. The van der Waals surface area contributed by atoms with E-state index in [2.05, 4.69) is 5.32 Å². The minimum absolute atomic E-state index is 0.00822. The van der Waals surface area contributed by atoms with Gasteiger partial charge in [0, 0.05) is 17.7 Å². The highest BCUT2D eigenvalue weighted by Crippen LogP contribution is 2.56. The average molecular weight is 400 g/mol. The number of benzene rings is 2. The molecule has 1 saturated heterocycles. The van der Waals surface area contributed by atoms with Gasteiger partial charge in [-0.05, 0) is 31.2 Å². The number of halogens is 1. The number of esters is 1. The number of hydrogen-bond acceptors (Lipinski definition) is 5. The van der Waals surface area contributed by atoms with Gasteiger partial charge in [0.25, 0.3) is 5.91 Å². The van der Waals surface area contributed by atoms with Crippen molar-refractivity contribution in [1.29, 1.82) is 0 Å². The first-order chi connectivity index (χ1) is 13.4. The molecule has 144 valence electrons. The number of rotatable bonds is 4. The topological polar surface area (TPSA) is 75.7 Å². The summed E-state index contributed by atoms with van der Waals surface area (Å²) in [6.45, 7) is 1.42. The standard InChI is InChI=1S/C20H17FN2O4S/c1-12(18(25)22-14-7-3-2-6-13(14)21)27-19(26)20-11-10-17(24)23(20)15-8-4-5-9-16(15)28-20/h2-9,12H,10-11H2,1H3,(H,22,25)/t12-,20+/m0/s1. The number of thioether (sulfide) groups is 1. The van der Waals surface area contributed by atoms with Crippen LogP contribution in [0.5, 0.6) is 0 Å². The lowest BCUT2D eigenvalue weighted by molar-refractivity contribution is -0.155. The Kier molecular flexibility index (Phi) is 4.58. The molecule has 2 aliphatic rings. The van der Waals surface area contributed by atoms with Crippen LogP contribution in [0.3, 0.4) is 0 Å². The molecule has 2 heterocycles. The van der Waals surface area contributed by atoms with Crippen LogP contribution in [-0.4, -0.2) is 28.8 Å². The normalized spacial score (nSPS) is 21.1. The van der Waals surface area contributed by atoms with E-state index in [4.69, 9.17) is 4.74 Å². The van der Waals surface area contributed by atoms with Gasteiger partial charge < -0.3 is 10.1 Å². The summed E-state index contributed by atoms with van der Waals surface area (Å²) < 4.78 is 19.1. The number of nitrogens with zero attached hydrogens (tertiary/aromatic N) is 1. The lowest BCUT2D eigenvalue weighted by Crippen LogP contribution is -2.49. The SMILES string of the molecule is C[C@H](OC(=O)[C@]12CCC(=O)N1c1ccccc1S2)C(=O)Nc1ccccc1F. The molecule has 0 saturated carbocycles. The maximum Gasteiger partial charge on any atom is 0.344 e. The number of carbonyl (C=O) groups is 3. The summed E-state index contributed by atoms with van der Waals surface area (Å²) in [5.74, 6) is -2.04. The van der Waals surface area contributed by atoms with Crippen LogP contribution in [0.4, 0.5) is 15.8 Å². The molecule has 0 aliphatic carbocycles. The van der Waals surface area contributed by atoms with Crippen LogP contribution in [0.2, 0.25) is 0 Å². The molecule has 8 heteroatoms. The van der Waals surface area contributed by atoms with Crippen LogP contribution >= 0.6 is 11.8 Å². The van der Waals surface area contributed by atoms with Crippen molar-refractivity contribution in [3.63, 3.8) is 0 Å². The molecule has 1 N–H and O–H groups in total. The van der Waals surface area contributed by atoms with Crippen LogP contribution < -0.4 is 10.2 Å². The van der Waals surface area contributed by atoms with Gasteiger partial charge in [0.05, 0.1) is 11.4 Å². The molecule has 0 spiro atoms. The molecule has 4 rings (SSSR count). The third kappa shape index (κ3) is 2.93. The zero-order valence-electron chi connectivity index (χ0n) is 15.0. The molecule has 0 unspecified atom stereocenters. The van der Waals surface area contributed by atoms with Crippen LogP contribution in [0.25, 0.3) is 0 Å². The fraction of sp³-hybridized carbons (Fsp3) is 0.250. The Morgan fingerprint density at radius 1 is 1.21 bits per heavy atom. The number of carbonyl (C=O) groups excluding carboxylic acids is 3. The monoisotopic (exact) mass is 400 g/mol. The van der Waals surface area contributed by atoms with Gasteiger partial charge in [-0.2, -0.15) is 0 Å². The Hall–Kier alpha value is -2.87. The average Bonchev–Trinajstić information content (AvgIpc) is 3.19. The van der Waals surface area contributed by atoms with Gasteiger partial charge in [-0.15, -0.1) is 0 Å². The molecule has 2 aromatic carbocycles. The molecular formula is C20H17FN2O4S. The van der Waals surface area contributed by atoms with Gasteiger partial charge in [0.2, 0.25) is 5.91 Å². The molecule has 2 amide bonds. The van der Waals surface area contributed by atoms with E-state index in [9.17, 15) is 18.8 Å². The lowest BCUT2D eigenvalue weighted by atomic mass is 10.2. The van der Waals surface area contributed by atoms with Gasteiger partial charge in [0.15, 0.2) is 11.0 Å².